The highest BCUT2D eigenvalue weighted by Crippen LogP contribution is 2.17. The second-order valence-corrected chi connectivity index (χ2v) is 5.15. The smallest absolute Gasteiger partial charge is 0.253 e. The number of halogens is 1. The first-order chi connectivity index (χ1) is 10.2. The zero-order valence-corrected chi connectivity index (χ0v) is 12.8. The number of hydrogen-bond donors (Lipinski definition) is 2. The number of anilines is 1. The van der Waals surface area contributed by atoms with Crippen molar-refractivity contribution in [3.8, 4) is 0 Å². The van der Waals surface area contributed by atoms with Gasteiger partial charge in [0, 0.05) is 23.8 Å². The number of hydrogen-bond acceptors (Lipinski definition) is 2. The normalized spacial score (nSPS) is 10.2. The van der Waals surface area contributed by atoms with Gasteiger partial charge in [0.1, 0.15) is 0 Å². The van der Waals surface area contributed by atoms with Gasteiger partial charge in [0.2, 0.25) is 0 Å². The zero-order chi connectivity index (χ0) is 15.1. The average Bonchev–Trinajstić information content (AvgIpc) is 2.52. The van der Waals surface area contributed by atoms with Gasteiger partial charge in [-0.2, -0.15) is 0 Å². The van der Waals surface area contributed by atoms with Crippen LogP contribution in [0, 0.1) is 0 Å². The maximum absolute atomic E-state index is 12.3. The Balaban J connectivity index is 2.05. The largest absolute Gasteiger partial charge is 0.384 e. The molecule has 0 fully saturated rings. The van der Waals surface area contributed by atoms with Crippen LogP contribution in [0.3, 0.4) is 0 Å². The maximum Gasteiger partial charge on any atom is 0.253 e. The van der Waals surface area contributed by atoms with Crippen LogP contribution in [0.15, 0.2) is 48.5 Å². The molecule has 0 aromatic heterocycles. The number of benzene rings is 2. The van der Waals surface area contributed by atoms with E-state index in [1.807, 2.05) is 48.5 Å². The Morgan fingerprint density at radius 1 is 1.10 bits per heavy atom. The van der Waals surface area contributed by atoms with Crippen molar-refractivity contribution in [3.05, 3.63) is 64.7 Å². The molecule has 2 rings (SSSR count). The summed E-state index contributed by atoms with van der Waals surface area (Å²) in [5, 5.41) is 6.84. The van der Waals surface area contributed by atoms with Crippen molar-refractivity contribution in [1.29, 1.82) is 0 Å². The minimum Gasteiger partial charge on any atom is -0.384 e. The summed E-state index contributed by atoms with van der Waals surface area (Å²) in [5.74, 6) is -0.103. The molecular formula is C17H19ClN2O. The number of para-hydroxylation sites is 1. The molecule has 0 heterocycles. The second kappa shape index (κ2) is 7.70. The lowest BCUT2D eigenvalue weighted by molar-refractivity contribution is 0.0951. The van der Waals surface area contributed by atoms with E-state index >= 15 is 0 Å². The third-order valence-electron chi connectivity index (χ3n) is 3.13. The molecule has 21 heavy (non-hydrogen) atoms. The molecule has 0 saturated carbocycles. The lowest BCUT2D eigenvalue weighted by atomic mass is 10.1. The molecule has 0 aliphatic rings. The summed E-state index contributed by atoms with van der Waals surface area (Å²) < 4.78 is 0. The fourth-order valence-corrected chi connectivity index (χ4v) is 2.21. The predicted octanol–water partition coefficient (Wildman–Crippen LogP) is 4.09. The SMILES string of the molecule is CCCNc1ccccc1C(=O)NCc1ccccc1Cl. The number of carbonyl (C=O) groups excluding carboxylic acids is 1. The fraction of sp³-hybridized carbons (Fsp3) is 0.235. The minimum absolute atomic E-state index is 0.103. The number of nitrogens with one attached hydrogen (secondary N) is 2. The summed E-state index contributed by atoms with van der Waals surface area (Å²) in [5.41, 5.74) is 2.42. The molecule has 2 N–H and O–H groups in total. The molecule has 110 valence electrons. The quantitative estimate of drug-likeness (QED) is 0.844. The van der Waals surface area contributed by atoms with E-state index in [0.717, 1.165) is 24.2 Å². The molecule has 0 unspecified atom stereocenters. The molecule has 2 aromatic carbocycles. The van der Waals surface area contributed by atoms with Crippen molar-refractivity contribution in [2.75, 3.05) is 11.9 Å². The Morgan fingerprint density at radius 2 is 1.81 bits per heavy atom. The molecular weight excluding hydrogens is 284 g/mol. The van der Waals surface area contributed by atoms with Crippen LogP contribution in [0.1, 0.15) is 29.3 Å². The van der Waals surface area contributed by atoms with Crippen LogP contribution in [-0.2, 0) is 6.54 Å². The molecule has 0 atom stereocenters. The standard InChI is InChI=1S/C17H19ClN2O/c1-2-11-19-16-10-6-4-8-14(16)17(21)20-12-13-7-3-5-9-15(13)18/h3-10,19H,2,11-12H2,1H3,(H,20,21). The Morgan fingerprint density at radius 3 is 2.57 bits per heavy atom. The molecule has 0 spiro atoms. The maximum atomic E-state index is 12.3. The van der Waals surface area contributed by atoms with E-state index in [1.54, 1.807) is 0 Å². The van der Waals surface area contributed by atoms with Crippen molar-refractivity contribution >= 4 is 23.2 Å². The van der Waals surface area contributed by atoms with Crippen molar-refractivity contribution in [3.63, 3.8) is 0 Å². The minimum atomic E-state index is -0.103. The zero-order valence-electron chi connectivity index (χ0n) is 12.0. The Hall–Kier alpha value is -2.00. The summed E-state index contributed by atoms with van der Waals surface area (Å²) in [6.45, 7) is 3.35. The molecule has 0 aliphatic heterocycles. The molecule has 0 radical (unpaired) electrons. The molecule has 0 bridgehead atoms. The van der Waals surface area contributed by atoms with E-state index in [9.17, 15) is 4.79 Å². The van der Waals surface area contributed by atoms with E-state index in [0.29, 0.717) is 17.1 Å². The third kappa shape index (κ3) is 4.23. The lowest BCUT2D eigenvalue weighted by Gasteiger charge is -2.12. The van der Waals surface area contributed by atoms with E-state index in [-0.39, 0.29) is 5.91 Å². The molecule has 2 aromatic rings. The van der Waals surface area contributed by atoms with Crippen LogP contribution >= 0.6 is 11.6 Å². The van der Waals surface area contributed by atoms with Gasteiger partial charge >= 0.3 is 0 Å². The third-order valence-corrected chi connectivity index (χ3v) is 3.50. The van der Waals surface area contributed by atoms with Crippen LogP contribution in [0.25, 0.3) is 0 Å². The Kier molecular flexibility index (Phi) is 5.64. The van der Waals surface area contributed by atoms with Crippen molar-refractivity contribution < 1.29 is 4.79 Å². The van der Waals surface area contributed by atoms with Crippen molar-refractivity contribution in [2.24, 2.45) is 0 Å². The van der Waals surface area contributed by atoms with Crippen LogP contribution < -0.4 is 10.6 Å². The molecule has 3 nitrogen and oxygen atoms in total. The summed E-state index contributed by atoms with van der Waals surface area (Å²) in [6.07, 6.45) is 1.01. The van der Waals surface area contributed by atoms with Gasteiger partial charge in [0.05, 0.1) is 5.56 Å². The summed E-state index contributed by atoms with van der Waals surface area (Å²) in [6, 6.07) is 15.0. The van der Waals surface area contributed by atoms with Gasteiger partial charge in [-0.25, -0.2) is 0 Å². The number of rotatable bonds is 6. The first kappa shape index (κ1) is 15.4. The topological polar surface area (TPSA) is 41.1 Å². The van der Waals surface area contributed by atoms with E-state index < -0.39 is 0 Å². The van der Waals surface area contributed by atoms with Gasteiger partial charge < -0.3 is 10.6 Å². The molecule has 1 amide bonds. The molecule has 0 saturated heterocycles. The van der Waals surface area contributed by atoms with Crippen molar-refractivity contribution in [2.45, 2.75) is 19.9 Å². The summed E-state index contributed by atoms with van der Waals surface area (Å²) >= 11 is 6.09. The highest BCUT2D eigenvalue weighted by molar-refractivity contribution is 6.31. The molecule has 4 heteroatoms. The van der Waals surface area contributed by atoms with Crippen LogP contribution in [0.4, 0.5) is 5.69 Å². The lowest BCUT2D eigenvalue weighted by Crippen LogP contribution is -2.24. The van der Waals surface area contributed by atoms with Gasteiger partial charge in [-0.05, 0) is 30.2 Å². The molecule has 0 aliphatic carbocycles. The van der Waals surface area contributed by atoms with Crippen LogP contribution in [0.2, 0.25) is 5.02 Å². The first-order valence-electron chi connectivity index (χ1n) is 7.07. The second-order valence-electron chi connectivity index (χ2n) is 4.75. The van der Waals surface area contributed by atoms with E-state index in [4.69, 9.17) is 11.6 Å². The van der Waals surface area contributed by atoms with Crippen molar-refractivity contribution in [1.82, 2.24) is 5.32 Å². The van der Waals surface area contributed by atoms with Gasteiger partial charge in [0.15, 0.2) is 0 Å². The fourth-order valence-electron chi connectivity index (χ4n) is 2.01. The Bertz CT molecular complexity index is 613. The van der Waals surface area contributed by atoms with E-state index in [1.165, 1.54) is 0 Å². The van der Waals surface area contributed by atoms with E-state index in [2.05, 4.69) is 17.6 Å². The highest BCUT2D eigenvalue weighted by atomic mass is 35.5. The van der Waals surface area contributed by atoms with Crippen LogP contribution in [-0.4, -0.2) is 12.5 Å². The number of amides is 1. The average molecular weight is 303 g/mol. The monoisotopic (exact) mass is 302 g/mol. The number of carbonyl (C=O) groups is 1. The predicted molar refractivity (Wildman–Crippen MR) is 87.8 cm³/mol. The Labute approximate surface area is 130 Å². The van der Waals surface area contributed by atoms with Gasteiger partial charge in [-0.1, -0.05) is 48.9 Å². The van der Waals surface area contributed by atoms with Gasteiger partial charge in [-0.15, -0.1) is 0 Å². The van der Waals surface area contributed by atoms with Gasteiger partial charge in [0.25, 0.3) is 5.91 Å². The van der Waals surface area contributed by atoms with Crippen LogP contribution in [0.5, 0.6) is 0 Å². The first-order valence-corrected chi connectivity index (χ1v) is 7.44. The summed E-state index contributed by atoms with van der Waals surface area (Å²) in [4.78, 5) is 12.3. The summed E-state index contributed by atoms with van der Waals surface area (Å²) in [7, 11) is 0. The van der Waals surface area contributed by atoms with Gasteiger partial charge in [-0.3, -0.25) is 4.79 Å². The highest BCUT2D eigenvalue weighted by Gasteiger charge is 2.10.